The lowest BCUT2D eigenvalue weighted by atomic mass is 10.1. The molecule has 0 saturated heterocycles. The van der Waals surface area contributed by atoms with Gasteiger partial charge in [0.1, 0.15) is 11.6 Å². The molecule has 0 atom stereocenters. The third-order valence-corrected chi connectivity index (χ3v) is 5.31. The van der Waals surface area contributed by atoms with Crippen molar-refractivity contribution in [1.82, 2.24) is 24.3 Å². The fraction of sp³-hybridized carbons (Fsp3) is 0.214. The summed E-state index contributed by atoms with van der Waals surface area (Å²) in [5, 5.41) is 12.8. The molecule has 176 valence electrons. The first kappa shape index (κ1) is 25.0. The molecule has 2 aromatic heterocycles. The van der Waals surface area contributed by atoms with Gasteiger partial charge in [0, 0.05) is 19.2 Å². The Morgan fingerprint density at radius 1 is 1.09 bits per heavy atom. The number of terminal acetylenes is 1. The van der Waals surface area contributed by atoms with Crippen LogP contribution in [0.2, 0.25) is 0 Å². The number of nitrogens with zero attached hydrogens (tertiary/aromatic N) is 6. The molecule has 0 N–H and O–H groups in total. The molecule has 1 aliphatic heterocycles. The van der Waals surface area contributed by atoms with Crippen LogP contribution in [0.4, 0.5) is 0 Å². The van der Waals surface area contributed by atoms with Crippen molar-refractivity contribution in [3.63, 3.8) is 0 Å². The van der Waals surface area contributed by atoms with Gasteiger partial charge in [0.15, 0.2) is 5.82 Å². The second-order valence-electron chi connectivity index (χ2n) is 7.73. The smallest absolute Gasteiger partial charge is 0.174 e. The number of aromatic nitrogens is 5. The Morgan fingerprint density at radius 2 is 1.89 bits per heavy atom. The van der Waals surface area contributed by atoms with Crippen molar-refractivity contribution in [2.75, 3.05) is 7.11 Å². The molecule has 0 unspecified atom stereocenters. The summed E-state index contributed by atoms with van der Waals surface area (Å²) in [6.07, 6.45) is 19.2. The summed E-state index contributed by atoms with van der Waals surface area (Å²) in [6.45, 7) is 2.95. The van der Waals surface area contributed by atoms with E-state index in [0.717, 1.165) is 47.3 Å². The lowest BCUT2D eigenvalue weighted by Gasteiger charge is -2.10. The van der Waals surface area contributed by atoms with Gasteiger partial charge in [-0.1, -0.05) is 30.3 Å². The van der Waals surface area contributed by atoms with Gasteiger partial charge >= 0.3 is 0 Å². The number of imidazole rings is 1. The van der Waals surface area contributed by atoms with E-state index in [0.29, 0.717) is 5.56 Å². The van der Waals surface area contributed by atoms with Crippen LogP contribution < -0.4 is 4.74 Å². The van der Waals surface area contributed by atoms with Gasteiger partial charge in [-0.3, -0.25) is 0 Å². The predicted octanol–water partition coefficient (Wildman–Crippen LogP) is 5.10. The van der Waals surface area contributed by atoms with Gasteiger partial charge in [-0.15, -0.1) is 12.8 Å². The molecule has 0 bridgehead atoms. The zero-order valence-electron chi connectivity index (χ0n) is 20.0. The van der Waals surface area contributed by atoms with Crippen molar-refractivity contribution >= 4 is 12.2 Å². The molecule has 2 aromatic carbocycles. The normalized spacial score (nSPS) is 11.9. The number of nitriles is 1. The van der Waals surface area contributed by atoms with Crippen molar-refractivity contribution in [1.29, 1.82) is 5.26 Å². The Bertz CT molecular complexity index is 1300. The van der Waals surface area contributed by atoms with E-state index in [4.69, 9.17) is 10.00 Å². The van der Waals surface area contributed by atoms with Crippen molar-refractivity contribution in [2.24, 2.45) is 0 Å². The van der Waals surface area contributed by atoms with Gasteiger partial charge in [0.2, 0.25) is 0 Å². The Kier molecular flexibility index (Phi) is 8.99. The fourth-order valence-electron chi connectivity index (χ4n) is 3.62. The summed E-state index contributed by atoms with van der Waals surface area (Å²) < 4.78 is 9.54. The molecule has 0 aliphatic carbocycles. The zero-order chi connectivity index (χ0) is 25.0. The predicted molar refractivity (Wildman–Crippen MR) is 138 cm³/mol. The van der Waals surface area contributed by atoms with Gasteiger partial charge in [-0.05, 0) is 55.7 Å². The van der Waals surface area contributed by atoms with Crippen LogP contribution >= 0.6 is 0 Å². The van der Waals surface area contributed by atoms with E-state index in [-0.39, 0.29) is 0 Å². The first-order valence-corrected chi connectivity index (χ1v) is 11.3. The van der Waals surface area contributed by atoms with E-state index in [1.54, 1.807) is 25.6 Å². The largest absolute Gasteiger partial charge is 0.495 e. The maximum atomic E-state index is 8.29. The number of benzene rings is 2. The maximum Gasteiger partial charge on any atom is 0.174 e. The molecule has 0 amide bonds. The minimum Gasteiger partial charge on any atom is -0.495 e. The quantitative estimate of drug-likeness (QED) is 0.393. The topological polar surface area (TPSA) is 81.5 Å². The molecule has 4 aromatic rings. The summed E-state index contributed by atoms with van der Waals surface area (Å²) in [6, 6.07) is 17.3. The highest BCUT2D eigenvalue weighted by Gasteiger charge is 2.12. The minimum absolute atomic E-state index is 0.715. The third kappa shape index (κ3) is 6.69. The van der Waals surface area contributed by atoms with Crippen molar-refractivity contribution < 1.29 is 4.74 Å². The number of aryl methyl sites for hydroxylation is 3. The van der Waals surface area contributed by atoms with E-state index in [1.165, 1.54) is 12.8 Å². The molecule has 1 aliphatic rings. The van der Waals surface area contributed by atoms with Gasteiger partial charge < -0.3 is 9.30 Å². The molecular weight excluding hydrogens is 436 g/mol. The van der Waals surface area contributed by atoms with E-state index in [2.05, 4.69) is 34.0 Å². The molecular formula is C28H28N6O. The number of hydrogen-bond acceptors (Lipinski definition) is 5. The number of hydrogen-bond donors (Lipinski definition) is 0. The second kappa shape index (κ2) is 12.6. The molecule has 3 heterocycles. The number of ether oxygens (including phenoxy) is 1. The number of rotatable bonds is 4. The van der Waals surface area contributed by atoms with Crippen molar-refractivity contribution in [3.05, 3.63) is 89.5 Å². The summed E-state index contributed by atoms with van der Waals surface area (Å²) in [7, 11) is 1.68. The van der Waals surface area contributed by atoms with E-state index < -0.39 is 0 Å². The van der Waals surface area contributed by atoms with E-state index in [9.17, 15) is 0 Å². The Morgan fingerprint density at radius 3 is 2.51 bits per heavy atom. The lowest BCUT2D eigenvalue weighted by Crippen LogP contribution is -2.11. The molecule has 7 heteroatoms. The Labute approximate surface area is 206 Å². The van der Waals surface area contributed by atoms with Crippen LogP contribution in [0, 0.1) is 31.1 Å². The van der Waals surface area contributed by atoms with Gasteiger partial charge in [0.25, 0.3) is 0 Å². The highest BCUT2D eigenvalue weighted by atomic mass is 16.5. The molecule has 0 spiro atoms. The van der Waals surface area contributed by atoms with Crippen LogP contribution in [0.1, 0.15) is 41.3 Å². The van der Waals surface area contributed by atoms with Crippen molar-refractivity contribution in [2.45, 2.75) is 32.7 Å². The fourth-order valence-corrected chi connectivity index (χ4v) is 3.62. The van der Waals surface area contributed by atoms with E-state index in [1.807, 2.05) is 70.9 Å². The molecule has 5 rings (SSSR count). The highest BCUT2D eigenvalue weighted by Crippen LogP contribution is 2.25. The van der Waals surface area contributed by atoms with Gasteiger partial charge in [-0.2, -0.15) is 10.4 Å². The highest BCUT2D eigenvalue weighted by molar-refractivity contribution is 5.69. The Hall–Kier alpha value is -4.62. The SMILES string of the molecule is C#C.COc1cc(/C=C/c2nc3n(n2)CCCC3)ccc1-n1cnc(C)c1.N#Cc1ccccc1. The lowest BCUT2D eigenvalue weighted by molar-refractivity contribution is 0.413. The molecule has 35 heavy (non-hydrogen) atoms. The molecule has 0 saturated carbocycles. The van der Waals surface area contributed by atoms with Crippen LogP contribution in [0.25, 0.3) is 17.8 Å². The summed E-state index contributed by atoms with van der Waals surface area (Å²) >= 11 is 0. The second-order valence-corrected chi connectivity index (χ2v) is 7.73. The standard InChI is InChI=1S/C19H21N5O.C7H5N.C2H2/c1-14-12-23(13-20-14)16-8-6-15(11-17(16)25-2)7-9-18-21-19-5-3-4-10-24(19)22-18;8-6-7-4-2-1-3-5-7;1-2/h6-9,11-13H,3-5,10H2,1-2H3;1-5H;1-2H/b9-7+;;. The average molecular weight is 465 g/mol. The first-order valence-electron chi connectivity index (χ1n) is 11.3. The van der Waals surface area contributed by atoms with Crippen molar-refractivity contribution in [3.8, 4) is 30.4 Å². The molecule has 7 nitrogen and oxygen atoms in total. The first-order chi connectivity index (χ1) is 17.2. The monoisotopic (exact) mass is 464 g/mol. The maximum absolute atomic E-state index is 8.29. The number of fused-ring (bicyclic) bond motifs is 1. The van der Waals surface area contributed by atoms with Crippen LogP contribution in [0.15, 0.2) is 61.1 Å². The Balaban J connectivity index is 0.000000289. The minimum atomic E-state index is 0.715. The summed E-state index contributed by atoms with van der Waals surface area (Å²) in [4.78, 5) is 8.87. The van der Waals surface area contributed by atoms with Crippen LogP contribution in [-0.2, 0) is 13.0 Å². The van der Waals surface area contributed by atoms with Crippen LogP contribution in [0.3, 0.4) is 0 Å². The van der Waals surface area contributed by atoms with Gasteiger partial charge in [0.05, 0.1) is 36.5 Å². The average Bonchev–Trinajstić information content (AvgIpc) is 3.55. The summed E-state index contributed by atoms with van der Waals surface area (Å²) in [5.41, 5.74) is 3.70. The summed E-state index contributed by atoms with van der Waals surface area (Å²) in [5.74, 6) is 2.66. The van der Waals surface area contributed by atoms with Crippen LogP contribution in [-0.4, -0.2) is 31.4 Å². The molecule has 0 radical (unpaired) electrons. The van der Waals surface area contributed by atoms with Crippen LogP contribution in [0.5, 0.6) is 5.75 Å². The zero-order valence-corrected chi connectivity index (χ0v) is 20.0. The van der Waals surface area contributed by atoms with Gasteiger partial charge in [-0.25, -0.2) is 14.6 Å². The number of methoxy groups -OCH3 is 1. The molecule has 0 fully saturated rings. The third-order valence-electron chi connectivity index (χ3n) is 5.31. The van der Waals surface area contributed by atoms with E-state index >= 15 is 0 Å².